The summed E-state index contributed by atoms with van der Waals surface area (Å²) in [6.07, 6.45) is 4.47. The molecule has 1 aromatic heterocycles. The average molecular weight is 83.1 g/mol. The molecule has 0 spiro atoms. The fourth-order valence-corrected chi connectivity index (χ4v) is 0.176. The van der Waals surface area contributed by atoms with Gasteiger partial charge in [-0.15, -0.1) is 0 Å². The van der Waals surface area contributed by atoms with Crippen LogP contribution in [0.5, 0.6) is 0 Å². The van der Waals surface area contributed by atoms with E-state index < -0.39 is 0 Å². The molecule has 0 aliphatic heterocycles. The number of aromatic nitrogens is 1. The molecule has 31 valence electrons. The first kappa shape index (κ1) is 5.17. The van der Waals surface area contributed by atoms with Gasteiger partial charge in [-0.05, 0) is 0 Å². The van der Waals surface area contributed by atoms with Crippen molar-refractivity contribution in [1.82, 2.24) is 11.1 Å². The lowest BCUT2D eigenvalue weighted by molar-refractivity contribution is 0.558. The van der Waals surface area contributed by atoms with Crippen LogP contribution in [-0.2, 0) is 0 Å². The van der Waals surface area contributed by atoms with E-state index in [1.165, 1.54) is 12.7 Å². The molecular weight excluding hydrogens is 80.0 g/mol. The molecule has 3 radical (unpaired) electrons. The highest BCUT2D eigenvalue weighted by Crippen LogP contribution is 1.72. The van der Waals surface area contributed by atoms with Crippen LogP contribution in [0.4, 0.5) is 0 Å². The van der Waals surface area contributed by atoms with E-state index in [-0.39, 0.29) is 6.15 Å². The van der Waals surface area contributed by atoms with E-state index in [1.807, 2.05) is 0 Å². The fourth-order valence-electron chi connectivity index (χ4n) is 0.176. The molecule has 1 heterocycles. The van der Waals surface area contributed by atoms with Gasteiger partial charge in [0.2, 0.25) is 0 Å². The number of hydrogen-bond acceptors (Lipinski definition) is 2. The van der Waals surface area contributed by atoms with Gasteiger partial charge in [0.25, 0.3) is 0 Å². The highest BCUT2D eigenvalue weighted by atomic mass is 16.3. The average Bonchev–Trinajstić information content (AvgIpc) is 1.76. The zero-order valence-corrected chi connectivity index (χ0v) is 3.03. The predicted octanol–water partition coefficient (Wildman–Crippen LogP) is 0.194. The van der Waals surface area contributed by atoms with Crippen LogP contribution < -0.4 is 6.15 Å². The molecule has 0 unspecified atom stereocenters. The summed E-state index contributed by atoms with van der Waals surface area (Å²) in [6.45, 7) is 0. The van der Waals surface area contributed by atoms with Crippen molar-refractivity contribution in [3.63, 3.8) is 0 Å². The summed E-state index contributed by atoms with van der Waals surface area (Å²) in [5, 5.41) is 0. The zero-order chi connectivity index (χ0) is 3.54. The summed E-state index contributed by atoms with van der Waals surface area (Å²) >= 11 is 0. The largest absolute Gasteiger partial charge is 0.452 e. The van der Waals surface area contributed by atoms with Gasteiger partial charge in [-0.3, -0.25) is 0 Å². The molecule has 1 rings (SSSR count). The third-order valence-electron chi connectivity index (χ3n) is 0.347. The standard InChI is InChI=1S/C3H3NO.N/c1-2-5-3-4-1;/h1-3H;. The van der Waals surface area contributed by atoms with Gasteiger partial charge in [0.05, 0.1) is 6.20 Å². The Morgan fingerprint density at radius 1 is 1.50 bits per heavy atom. The quantitative estimate of drug-likeness (QED) is 0.449. The van der Waals surface area contributed by atoms with Crippen molar-refractivity contribution < 1.29 is 4.42 Å². The first-order valence-electron chi connectivity index (χ1n) is 1.32. The van der Waals surface area contributed by atoms with Gasteiger partial charge in [-0.25, -0.2) is 4.98 Å². The van der Waals surface area contributed by atoms with Crippen LogP contribution in [0.25, 0.3) is 0 Å². The Labute approximate surface area is 35.6 Å². The topological polar surface area (TPSA) is 56.5 Å². The molecule has 0 fully saturated rings. The smallest absolute Gasteiger partial charge is 0.180 e. The zero-order valence-electron chi connectivity index (χ0n) is 3.03. The van der Waals surface area contributed by atoms with Crippen molar-refractivity contribution in [3.8, 4) is 0 Å². The summed E-state index contributed by atoms with van der Waals surface area (Å²) in [4.78, 5) is 3.56. The molecule has 6 heavy (non-hydrogen) atoms. The van der Waals surface area contributed by atoms with Gasteiger partial charge in [0.1, 0.15) is 6.26 Å². The van der Waals surface area contributed by atoms with Crippen LogP contribution in [0.15, 0.2) is 23.3 Å². The van der Waals surface area contributed by atoms with Crippen LogP contribution in [0.3, 0.4) is 0 Å². The van der Waals surface area contributed by atoms with E-state index in [2.05, 4.69) is 9.40 Å². The molecule has 0 N–H and O–H groups in total. The lowest BCUT2D eigenvalue weighted by atomic mass is 11.0. The van der Waals surface area contributed by atoms with Gasteiger partial charge in [-0.2, -0.15) is 0 Å². The Hall–Kier alpha value is -0.830. The normalized spacial score (nSPS) is 6.67. The monoisotopic (exact) mass is 83.0 g/mol. The van der Waals surface area contributed by atoms with E-state index in [9.17, 15) is 0 Å². The molecule has 0 aromatic carbocycles. The molecule has 3 nitrogen and oxygen atoms in total. The Morgan fingerprint density at radius 2 is 2.33 bits per heavy atom. The molecular formula is C3H3N2O. The van der Waals surface area contributed by atoms with E-state index >= 15 is 0 Å². The second-order valence-electron chi connectivity index (χ2n) is 0.676. The van der Waals surface area contributed by atoms with Crippen molar-refractivity contribution in [2.24, 2.45) is 0 Å². The van der Waals surface area contributed by atoms with Crippen molar-refractivity contribution in [1.29, 1.82) is 0 Å². The second kappa shape index (κ2) is 2.41. The van der Waals surface area contributed by atoms with Crippen LogP contribution >= 0.6 is 0 Å². The first-order chi connectivity index (χ1) is 2.50. The summed E-state index contributed by atoms with van der Waals surface area (Å²) < 4.78 is 4.47. The van der Waals surface area contributed by atoms with Crippen molar-refractivity contribution in [3.05, 3.63) is 18.9 Å². The van der Waals surface area contributed by atoms with Gasteiger partial charge < -0.3 is 4.42 Å². The molecule has 0 aliphatic carbocycles. The van der Waals surface area contributed by atoms with E-state index in [1.54, 1.807) is 6.20 Å². The highest BCUT2D eigenvalue weighted by Gasteiger charge is 1.59. The number of rotatable bonds is 0. The van der Waals surface area contributed by atoms with Crippen LogP contribution in [-0.4, -0.2) is 4.98 Å². The maximum absolute atomic E-state index is 4.47. The van der Waals surface area contributed by atoms with Gasteiger partial charge >= 0.3 is 0 Å². The second-order valence-corrected chi connectivity index (χ2v) is 0.676. The number of hydrogen-bond donors (Lipinski definition) is 0. The molecule has 0 saturated carbocycles. The van der Waals surface area contributed by atoms with Crippen LogP contribution in [0, 0.1) is 0 Å². The van der Waals surface area contributed by atoms with E-state index in [0.29, 0.717) is 0 Å². The van der Waals surface area contributed by atoms with E-state index in [0.717, 1.165) is 0 Å². The first-order valence-corrected chi connectivity index (χ1v) is 1.32. The lowest BCUT2D eigenvalue weighted by Crippen LogP contribution is -1.38. The van der Waals surface area contributed by atoms with Gasteiger partial charge in [0.15, 0.2) is 6.39 Å². The summed E-state index contributed by atoms with van der Waals surface area (Å²) in [6, 6.07) is 0. The Bertz CT molecular complexity index is 65.3. The molecule has 0 bridgehead atoms. The predicted molar refractivity (Wildman–Crippen MR) is 18.6 cm³/mol. The highest BCUT2D eigenvalue weighted by molar-refractivity contribution is 4.56. The minimum Gasteiger partial charge on any atom is -0.452 e. The summed E-state index contributed by atoms with van der Waals surface area (Å²) in [7, 11) is 0. The molecule has 0 atom stereocenters. The number of oxazole rings is 1. The Kier molecular flexibility index (Phi) is 2.08. The van der Waals surface area contributed by atoms with Crippen molar-refractivity contribution >= 4 is 0 Å². The fraction of sp³-hybridized carbons (Fsp3) is 0. The van der Waals surface area contributed by atoms with Gasteiger partial charge in [-0.1, -0.05) is 0 Å². The molecule has 0 amide bonds. The maximum Gasteiger partial charge on any atom is 0.180 e. The number of nitrogens with zero attached hydrogens (tertiary/aromatic N) is 2. The maximum atomic E-state index is 4.47. The third-order valence-corrected chi connectivity index (χ3v) is 0.347. The lowest BCUT2D eigenvalue weighted by Gasteiger charge is -1.47. The summed E-state index contributed by atoms with van der Waals surface area (Å²) in [5.74, 6) is 0. The van der Waals surface area contributed by atoms with Crippen molar-refractivity contribution in [2.45, 2.75) is 0 Å². The SMILES string of the molecule is [N].c1cocn1. The third kappa shape index (κ3) is 0.858. The van der Waals surface area contributed by atoms with Crippen LogP contribution in [0.2, 0.25) is 0 Å². The van der Waals surface area contributed by atoms with Gasteiger partial charge in [0, 0.05) is 6.15 Å². The Morgan fingerprint density at radius 3 is 2.50 bits per heavy atom. The Balaban J connectivity index is 0.000000250. The molecule has 3 heteroatoms. The molecule has 0 aliphatic rings. The van der Waals surface area contributed by atoms with Crippen molar-refractivity contribution in [2.75, 3.05) is 0 Å². The van der Waals surface area contributed by atoms with Crippen LogP contribution in [0.1, 0.15) is 0 Å². The summed E-state index contributed by atoms with van der Waals surface area (Å²) in [5.41, 5.74) is 0. The minimum absolute atomic E-state index is 0. The molecule has 1 aromatic rings. The molecule has 0 saturated heterocycles. The van der Waals surface area contributed by atoms with E-state index in [4.69, 9.17) is 0 Å². The minimum atomic E-state index is 0.